The van der Waals surface area contributed by atoms with E-state index in [1.807, 2.05) is 6.92 Å². The van der Waals surface area contributed by atoms with E-state index in [4.69, 9.17) is 4.74 Å². The summed E-state index contributed by atoms with van der Waals surface area (Å²) in [5.41, 5.74) is 1.09. The van der Waals surface area contributed by atoms with Crippen molar-refractivity contribution in [2.24, 2.45) is 11.8 Å². The Kier molecular flexibility index (Phi) is 5.53. The second-order valence-corrected chi connectivity index (χ2v) is 5.82. The van der Waals surface area contributed by atoms with Crippen LogP contribution in [0, 0.1) is 18.8 Å². The minimum Gasteiger partial charge on any atom is -0.462 e. The maximum atomic E-state index is 11.7. The lowest BCUT2D eigenvalue weighted by Crippen LogP contribution is -2.25. The second-order valence-electron chi connectivity index (χ2n) is 5.82. The zero-order chi connectivity index (χ0) is 15.2. The van der Waals surface area contributed by atoms with Gasteiger partial charge in [0.2, 0.25) is 5.95 Å². The first-order chi connectivity index (χ1) is 10.1. The molecule has 1 aromatic rings. The van der Waals surface area contributed by atoms with E-state index in [1.54, 1.807) is 13.1 Å². The summed E-state index contributed by atoms with van der Waals surface area (Å²) >= 11 is 0. The van der Waals surface area contributed by atoms with Crippen LogP contribution in [0.4, 0.5) is 5.95 Å². The number of nitrogens with zero attached hydrogens (tertiary/aromatic N) is 2. The first kappa shape index (κ1) is 15.7. The van der Waals surface area contributed by atoms with Crippen LogP contribution in [0.3, 0.4) is 0 Å². The van der Waals surface area contributed by atoms with E-state index >= 15 is 0 Å². The molecular weight excluding hydrogens is 266 g/mol. The zero-order valence-corrected chi connectivity index (χ0v) is 13.2. The number of aryl methyl sites for hydroxylation is 1. The predicted octanol–water partition coefficient (Wildman–Crippen LogP) is 3.20. The number of rotatable bonds is 5. The van der Waals surface area contributed by atoms with Gasteiger partial charge in [-0.15, -0.1) is 0 Å². The molecule has 1 aliphatic carbocycles. The summed E-state index contributed by atoms with van der Waals surface area (Å²) < 4.78 is 4.98. The maximum absolute atomic E-state index is 11.7. The summed E-state index contributed by atoms with van der Waals surface area (Å²) in [5.74, 6) is 1.68. The first-order valence-corrected chi connectivity index (χ1v) is 7.86. The van der Waals surface area contributed by atoms with Crippen LogP contribution >= 0.6 is 0 Å². The van der Waals surface area contributed by atoms with Crippen molar-refractivity contribution < 1.29 is 9.53 Å². The second kappa shape index (κ2) is 7.38. The van der Waals surface area contributed by atoms with Crippen molar-refractivity contribution in [1.82, 2.24) is 9.97 Å². The highest BCUT2D eigenvalue weighted by molar-refractivity contribution is 5.90. The van der Waals surface area contributed by atoms with Gasteiger partial charge in [-0.1, -0.05) is 26.2 Å². The average molecular weight is 291 g/mol. The van der Waals surface area contributed by atoms with Gasteiger partial charge in [0.15, 0.2) is 0 Å². The molecule has 1 aromatic heterocycles. The Hall–Kier alpha value is -1.65. The molecule has 2 atom stereocenters. The summed E-state index contributed by atoms with van der Waals surface area (Å²) in [5, 5.41) is 3.31. The van der Waals surface area contributed by atoms with Crippen LogP contribution in [0.2, 0.25) is 0 Å². The van der Waals surface area contributed by atoms with Crippen molar-refractivity contribution >= 4 is 11.9 Å². The van der Waals surface area contributed by atoms with E-state index in [0.29, 0.717) is 29.7 Å². The molecule has 2 rings (SSSR count). The van der Waals surface area contributed by atoms with Crippen molar-refractivity contribution in [3.05, 3.63) is 17.5 Å². The molecule has 0 saturated heterocycles. The third-order valence-electron chi connectivity index (χ3n) is 4.29. The molecule has 1 fully saturated rings. The molecule has 1 aliphatic rings. The molecule has 1 heterocycles. The fourth-order valence-corrected chi connectivity index (χ4v) is 2.88. The zero-order valence-electron chi connectivity index (χ0n) is 13.2. The molecule has 0 radical (unpaired) electrons. The monoisotopic (exact) mass is 291 g/mol. The highest BCUT2D eigenvalue weighted by Crippen LogP contribution is 2.29. The molecule has 116 valence electrons. The van der Waals surface area contributed by atoms with Gasteiger partial charge in [0.1, 0.15) is 0 Å². The van der Waals surface area contributed by atoms with Gasteiger partial charge < -0.3 is 10.1 Å². The molecule has 5 heteroatoms. The van der Waals surface area contributed by atoms with Crippen LogP contribution in [0.25, 0.3) is 0 Å². The van der Waals surface area contributed by atoms with Crippen LogP contribution < -0.4 is 5.32 Å². The van der Waals surface area contributed by atoms with E-state index in [2.05, 4.69) is 22.2 Å². The third kappa shape index (κ3) is 4.16. The lowest BCUT2D eigenvalue weighted by atomic mass is 9.80. The summed E-state index contributed by atoms with van der Waals surface area (Å²) in [6.07, 6.45) is 6.80. The lowest BCUT2D eigenvalue weighted by Gasteiger charge is -2.28. The third-order valence-corrected chi connectivity index (χ3v) is 4.29. The summed E-state index contributed by atoms with van der Waals surface area (Å²) in [6.45, 7) is 7.18. The van der Waals surface area contributed by atoms with Crippen molar-refractivity contribution in [3.63, 3.8) is 0 Å². The van der Waals surface area contributed by atoms with Crippen molar-refractivity contribution in [3.8, 4) is 0 Å². The summed E-state index contributed by atoms with van der Waals surface area (Å²) in [4.78, 5) is 20.3. The Morgan fingerprint density at radius 3 is 2.86 bits per heavy atom. The number of carbonyl (C=O) groups is 1. The van der Waals surface area contributed by atoms with E-state index in [-0.39, 0.29) is 5.97 Å². The Balaban J connectivity index is 1.95. The summed E-state index contributed by atoms with van der Waals surface area (Å²) in [6, 6.07) is 0. The molecule has 0 amide bonds. The van der Waals surface area contributed by atoms with Gasteiger partial charge in [-0.3, -0.25) is 0 Å². The fraction of sp³-hybridized carbons (Fsp3) is 0.688. The van der Waals surface area contributed by atoms with Gasteiger partial charge in [0, 0.05) is 12.7 Å². The highest BCUT2D eigenvalue weighted by atomic mass is 16.5. The number of hydrogen-bond acceptors (Lipinski definition) is 5. The SMILES string of the molecule is CCOC(=O)c1cnc(NCC2CCCCC2C)nc1C. The summed E-state index contributed by atoms with van der Waals surface area (Å²) in [7, 11) is 0. The fourth-order valence-electron chi connectivity index (χ4n) is 2.88. The Labute approximate surface area is 126 Å². The molecular formula is C16H25N3O2. The number of nitrogens with one attached hydrogen (secondary N) is 1. The largest absolute Gasteiger partial charge is 0.462 e. The van der Waals surface area contributed by atoms with Crippen LogP contribution in [-0.4, -0.2) is 29.1 Å². The molecule has 0 spiro atoms. The van der Waals surface area contributed by atoms with Crippen LogP contribution in [-0.2, 0) is 4.74 Å². The first-order valence-electron chi connectivity index (χ1n) is 7.86. The predicted molar refractivity (Wildman–Crippen MR) is 82.3 cm³/mol. The molecule has 0 aromatic carbocycles. The van der Waals surface area contributed by atoms with Crippen molar-refractivity contribution in [2.75, 3.05) is 18.5 Å². The minimum absolute atomic E-state index is 0.359. The Morgan fingerprint density at radius 1 is 1.43 bits per heavy atom. The molecule has 0 bridgehead atoms. The number of aromatic nitrogens is 2. The van der Waals surface area contributed by atoms with E-state index in [0.717, 1.165) is 12.5 Å². The number of anilines is 1. The van der Waals surface area contributed by atoms with Gasteiger partial charge in [-0.25, -0.2) is 14.8 Å². The van der Waals surface area contributed by atoms with E-state index < -0.39 is 0 Å². The Bertz CT molecular complexity index is 490. The van der Waals surface area contributed by atoms with E-state index in [1.165, 1.54) is 25.7 Å². The van der Waals surface area contributed by atoms with Crippen LogP contribution in [0.1, 0.15) is 55.6 Å². The number of carbonyl (C=O) groups excluding carboxylic acids is 1. The molecule has 1 N–H and O–H groups in total. The Morgan fingerprint density at radius 2 is 2.19 bits per heavy atom. The van der Waals surface area contributed by atoms with Crippen LogP contribution in [0.15, 0.2) is 6.20 Å². The van der Waals surface area contributed by atoms with Crippen LogP contribution in [0.5, 0.6) is 0 Å². The molecule has 1 saturated carbocycles. The molecule has 5 nitrogen and oxygen atoms in total. The standard InChI is InChI=1S/C16H25N3O2/c1-4-21-15(20)14-10-18-16(19-12(14)3)17-9-13-8-6-5-7-11(13)2/h10-11,13H,4-9H2,1-3H3,(H,17,18,19). The molecule has 2 unspecified atom stereocenters. The maximum Gasteiger partial charge on any atom is 0.341 e. The molecule has 0 aliphatic heterocycles. The normalized spacial score (nSPS) is 21.9. The van der Waals surface area contributed by atoms with Gasteiger partial charge >= 0.3 is 5.97 Å². The van der Waals surface area contributed by atoms with Gasteiger partial charge in [-0.2, -0.15) is 0 Å². The van der Waals surface area contributed by atoms with Gasteiger partial charge in [0.25, 0.3) is 0 Å². The number of hydrogen-bond donors (Lipinski definition) is 1. The topological polar surface area (TPSA) is 64.1 Å². The van der Waals surface area contributed by atoms with E-state index in [9.17, 15) is 4.79 Å². The lowest BCUT2D eigenvalue weighted by molar-refractivity contribution is 0.0524. The quantitative estimate of drug-likeness (QED) is 0.844. The number of ether oxygens (including phenoxy) is 1. The van der Waals surface area contributed by atoms with Gasteiger partial charge in [-0.05, 0) is 32.1 Å². The van der Waals surface area contributed by atoms with Gasteiger partial charge in [0.05, 0.1) is 17.9 Å². The highest BCUT2D eigenvalue weighted by Gasteiger charge is 2.21. The smallest absolute Gasteiger partial charge is 0.341 e. The number of esters is 1. The van der Waals surface area contributed by atoms with Crippen molar-refractivity contribution in [2.45, 2.75) is 46.5 Å². The minimum atomic E-state index is -0.359. The average Bonchev–Trinajstić information content (AvgIpc) is 2.46. The molecule has 21 heavy (non-hydrogen) atoms. The van der Waals surface area contributed by atoms with Crippen molar-refractivity contribution in [1.29, 1.82) is 0 Å².